The van der Waals surface area contributed by atoms with Gasteiger partial charge in [0.05, 0.1) is 15.7 Å². The molecule has 1 aliphatic rings. The second-order valence-electron chi connectivity index (χ2n) is 5.69. The van der Waals surface area contributed by atoms with Crippen molar-refractivity contribution in [2.45, 2.75) is 50.0 Å². The van der Waals surface area contributed by atoms with Crippen LogP contribution in [0, 0.1) is 17.6 Å². The van der Waals surface area contributed by atoms with E-state index in [1.807, 2.05) is 0 Å². The minimum absolute atomic E-state index is 0.0173. The van der Waals surface area contributed by atoms with Gasteiger partial charge in [0.1, 0.15) is 11.6 Å². The molecule has 21 heavy (non-hydrogen) atoms. The second kappa shape index (κ2) is 7.99. The Kier molecular flexibility index (Phi) is 6.30. The van der Waals surface area contributed by atoms with Crippen LogP contribution in [-0.2, 0) is 10.8 Å². The summed E-state index contributed by atoms with van der Waals surface area (Å²) in [6, 6.07) is 3.28. The van der Waals surface area contributed by atoms with Crippen molar-refractivity contribution in [2.75, 3.05) is 12.3 Å². The summed E-state index contributed by atoms with van der Waals surface area (Å²) in [5, 5.41) is 3.44. The molecule has 1 aromatic carbocycles. The summed E-state index contributed by atoms with van der Waals surface area (Å²) in [6.45, 7) is 2.95. The van der Waals surface area contributed by atoms with E-state index in [0.29, 0.717) is 11.7 Å². The largest absolute Gasteiger partial charge is 0.313 e. The van der Waals surface area contributed by atoms with E-state index in [9.17, 15) is 13.0 Å². The lowest BCUT2D eigenvalue weighted by molar-refractivity contribution is 0.385. The molecule has 1 saturated carbocycles. The molecular formula is C16H23F2NOS. The molecule has 2 nitrogen and oxygen atoms in total. The summed E-state index contributed by atoms with van der Waals surface area (Å²) in [6.07, 6.45) is 5.67. The van der Waals surface area contributed by atoms with Crippen molar-refractivity contribution in [2.24, 2.45) is 5.92 Å². The van der Waals surface area contributed by atoms with E-state index in [1.165, 1.54) is 12.8 Å². The SMILES string of the molecule is CCCNC(CS(=O)c1cc(F)ccc1F)C1CCCC1. The van der Waals surface area contributed by atoms with Crippen LogP contribution < -0.4 is 5.32 Å². The maximum atomic E-state index is 13.7. The smallest absolute Gasteiger partial charge is 0.139 e. The summed E-state index contributed by atoms with van der Waals surface area (Å²) in [5.41, 5.74) is 0. The van der Waals surface area contributed by atoms with E-state index in [0.717, 1.165) is 44.0 Å². The molecule has 0 radical (unpaired) electrons. The van der Waals surface area contributed by atoms with E-state index in [1.54, 1.807) is 0 Å². The van der Waals surface area contributed by atoms with Gasteiger partial charge >= 0.3 is 0 Å². The van der Waals surface area contributed by atoms with E-state index in [4.69, 9.17) is 0 Å². The Bertz CT molecular complexity index is 489. The highest BCUT2D eigenvalue weighted by atomic mass is 32.2. The molecule has 0 bridgehead atoms. The molecule has 0 aliphatic heterocycles. The first-order valence-electron chi connectivity index (χ1n) is 7.68. The molecule has 118 valence electrons. The average Bonchev–Trinajstić information content (AvgIpc) is 3.00. The number of halogens is 2. The second-order valence-corrected chi connectivity index (χ2v) is 7.16. The van der Waals surface area contributed by atoms with Crippen molar-refractivity contribution in [3.63, 3.8) is 0 Å². The van der Waals surface area contributed by atoms with Gasteiger partial charge in [-0.15, -0.1) is 0 Å². The van der Waals surface area contributed by atoms with Gasteiger partial charge in [0, 0.05) is 11.8 Å². The Balaban J connectivity index is 2.07. The Hall–Kier alpha value is -0.810. The fraction of sp³-hybridized carbons (Fsp3) is 0.625. The van der Waals surface area contributed by atoms with Gasteiger partial charge in [0.25, 0.3) is 0 Å². The first-order valence-corrected chi connectivity index (χ1v) is 9.00. The van der Waals surface area contributed by atoms with E-state index in [2.05, 4.69) is 12.2 Å². The van der Waals surface area contributed by atoms with Crippen LogP contribution in [0.4, 0.5) is 8.78 Å². The lowest BCUT2D eigenvalue weighted by Crippen LogP contribution is -2.40. The molecule has 2 rings (SSSR count). The molecular weight excluding hydrogens is 292 g/mol. The summed E-state index contributed by atoms with van der Waals surface area (Å²) in [4.78, 5) is -0.0173. The zero-order valence-corrected chi connectivity index (χ0v) is 13.2. The topological polar surface area (TPSA) is 29.1 Å². The highest BCUT2D eigenvalue weighted by Gasteiger charge is 2.27. The van der Waals surface area contributed by atoms with Gasteiger partial charge < -0.3 is 5.32 Å². The molecule has 0 spiro atoms. The predicted octanol–water partition coefficient (Wildman–Crippen LogP) is 3.63. The third-order valence-electron chi connectivity index (χ3n) is 4.09. The highest BCUT2D eigenvalue weighted by molar-refractivity contribution is 7.85. The van der Waals surface area contributed by atoms with Gasteiger partial charge in [0.15, 0.2) is 0 Å². The van der Waals surface area contributed by atoms with Gasteiger partial charge in [-0.1, -0.05) is 19.8 Å². The highest BCUT2D eigenvalue weighted by Crippen LogP contribution is 2.29. The molecule has 5 heteroatoms. The van der Waals surface area contributed by atoms with Crippen LogP contribution in [0.15, 0.2) is 23.1 Å². The van der Waals surface area contributed by atoms with Crippen LogP contribution in [0.3, 0.4) is 0 Å². The monoisotopic (exact) mass is 315 g/mol. The molecule has 0 saturated heterocycles. The minimum atomic E-state index is -1.51. The molecule has 0 aromatic heterocycles. The molecule has 0 heterocycles. The average molecular weight is 315 g/mol. The summed E-state index contributed by atoms with van der Waals surface area (Å²) >= 11 is 0. The van der Waals surface area contributed by atoms with Gasteiger partial charge in [-0.25, -0.2) is 8.78 Å². The van der Waals surface area contributed by atoms with Crippen molar-refractivity contribution in [1.82, 2.24) is 5.32 Å². The van der Waals surface area contributed by atoms with Crippen LogP contribution in [0.5, 0.6) is 0 Å². The van der Waals surface area contributed by atoms with Crippen LogP contribution >= 0.6 is 0 Å². The number of nitrogens with one attached hydrogen (secondary N) is 1. The normalized spacial score (nSPS) is 18.8. The third kappa shape index (κ3) is 4.58. The van der Waals surface area contributed by atoms with Crippen molar-refractivity contribution >= 4 is 10.8 Å². The lowest BCUT2D eigenvalue weighted by atomic mass is 10.00. The summed E-state index contributed by atoms with van der Waals surface area (Å²) in [5.74, 6) is -0.281. The Morgan fingerprint density at radius 1 is 1.33 bits per heavy atom. The molecule has 1 N–H and O–H groups in total. The summed E-state index contributed by atoms with van der Waals surface area (Å²) < 4.78 is 39.4. The molecule has 0 amide bonds. The Morgan fingerprint density at radius 2 is 2.05 bits per heavy atom. The van der Waals surface area contributed by atoms with Crippen LogP contribution in [0.2, 0.25) is 0 Å². The number of rotatable bonds is 7. The number of hydrogen-bond donors (Lipinski definition) is 1. The van der Waals surface area contributed by atoms with Gasteiger partial charge in [0.2, 0.25) is 0 Å². The first kappa shape index (κ1) is 16.6. The fourth-order valence-corrected chi connectivity index (χ4v) is 4.38. The molecule has 1 fully saturated rings. The fourth-order valence-electron chi connectivity index (χ4n) is 2.96. The first-order chi connectivity index (χ1) is 10.1. The van der Waals surface area contributed by atoms with Crippen molar-refractivity contribution in [1.29, 1.82) is 0 Å². The van der Waals surface area contributed by atoms with Crippen molar-refractivity contribution < 1.29 is 13.0 Å². The van der Waals surface area contributed by atoms with E-state index in [-0.39, 0.29) is 10.9 Å². The van der Waals surface area contributed by atoms with E-state index < -0.39 is 22.4 Å². The van der Waals surface area contributed by atoms with Crippen LogP contribution in [0.1, 0.15) is 39.0 Å². The van der Waals surface area contributed by atoms with E-state index >= 15 is 0 Å². The number of benzene rings is 1. The zero-order chi connectivity index (χ0) is 15.2. The zero-order valence-electron chi connectivity index (χ0n) is 12.4. The van der Waals surface area contributed by atoms with Crippen LogP contribution in [0.25, 0.3) is 0 Å². The van der Waals surface area contributed by atoms with Crippen LogP contribution in [-0.4, -0.2) is 22.5 Å². The maximum Gasteiger partial charge on any atom is 0.139 e. The van der Waals surface area contributed by atoms with Crippen molar-refractivity contribution in [3.8, 4) is 0 Å². The Labute approximate surface area is 127 Å². The van der Waals surface area contributed by atoms with Gasteiger partial charge in [-0.3, -0.25) is 4.21 Å². The quantitative estimate of drug-likeness (QED) is 0.832. The van der Waals surface area contributed by atoms with Gasteiger partial charge in [-0.05, 0) is 49.9 Å². The molecule has 2 atom stereocenters. The minimum Gasteiger partial charge on any atom is -0.313 e. The molecule has 2 unspecified atom stereocenters. The third-order valence-corrected chi connectivity index (χ3v) is 5.56. The summed E-state index contributed by atoms with van der Waals surface area (Å²) in [7, 11) is -1.51. The predicted molar refractivity (Wildman–Crippen MR) is 81.7 cm³/mol. The lowest BCUT2D eigenvalue weighted by Gasteiger charge is -2.24. The van der Waals surface area contributed by atoms with Crippen molar-refractivity contribution in [3.05, 3.63) is 29.8 Å². The standard InChI is InChI=1S/C16H23F2NOS/c1-2-9-19-15(12-5-3-4-6-12)11-21(20)16-10-13(17)7-8-14(16)18/h7-8,10,12,15,19H,2-6,9,11H2,1H3. The molecule has 1 aromatic rings. The molecule has 1 aliphatic carbocycles. The van der Waals surface area contributed by atoms with Gasteiger partial charge in [-0.2, -0.15) is 0 Å². The Morgan fingerprint density at radius 3 is 2.71 bits per heavy atom. The maximum absolute atomic E-state index is 13.7. The number of hydrogen-bond acceptors (Lipinski definition) is 2.